The fourth-order valence-corrected chi connectivity index (χ4v) is 3.95. The van der Waals surface area contributed by atoms with E-state index in [1.807, 2.05) is 30.0 Å². The molecule has 1 saturated carbocycles. The third-order valence-corrected chi connectivity index (χ3v) is 4.89. The van der Waals surface area contributed by atoms with E-state index in [0.29, 0.717) is 11.7 Å². The van der Waals surface area contributed by atoms with Gasteiger partial charge in [-0.25, -0.2) is 4.99 Å². The minimum absolute atomic E-state index is 0.303. The standard InChI is InChI=1S/C14H15NO2S/c1-9(16)17-12-7-3-2-6-11(12)15-14-10-5-4-8-13(10)18-14/h2-3,6-7,10,13H,4-5,8H2,1H3. The number of thioether (sulfide) groups is 1. The molecular formula is C14H15NO2S. The maximum Gasteiger partial charge on any atom is 0.308 e. The minimum Gasteiger partial charge on any atom is -0.424 e. The molecule has 3 rings (SSSR count). The second-order valence-electron chi connectivity index (χ2n) is 4.71. The highest BCUT2D eigenvalue weighted by atomic mass is 32.2. The lowest BCUT2D eigenvalue weighted by Crippen LogP contribution is -2.30. The van der Waals surface area contributed by atoms with Crippen molar-refractivity contribution in [2.45, 2.75) is 31.4 Å². The van der Waals surface area contributed by atoms with Crippen LogP contribution in [0.5, 0.6) is 5.75 Å². The van der Waals surface area contributed by atoms with Crippen molar-refractivity contribution in [3.05, 3.63) is 24.3 Å². The average Bonchev–Trinajstić information content (AvgIpc) is 2.69. The van der Waals surface area contributed by atoms with Crippen LogP contribution >= 0.6 is 11.8 Å². The van der Waals surface area contributed by atoms with Gasteiger partial charge >= 0.3 is 5.97 Å². The van der Waals surface area contributed by atoms with Gasteiger partial charge in [-0.05, 0) is 25.0 Å². The second-order valence-corrected chi connectivity index (χ2v) is 5.96. The van der Waals surface area contributed by atoms with Crippen LogP contribution in [0.2, 0.25) is 0 Å². The largest absolute Gasteiger partial charge is 0.424 e. The summed E-state index contributed by atoms with van der Waals surface area (Å²) in [5, 5.41) is 1.99. The zero-order chi connectivity index (χ0) is 12.5. The van der Waals surface area contributed by atoms with Crippen molar-refractivity contribution < 1.29 is 9.53 Å². The van der Waals surface area contributed by atoms with E-state index in [4.69, 9.17) is 4.74 Å². The summed E-state index contributed by atoms with van der Waals surface area (Å²) in [6, 6.07) is 7.46. The molecular weight excluding hydrogens is 246 g/mol. The molecule has 0 bridgehead atoms. The lowest BCUT2D eigenvalue weighted by atomic mass is 10.1. The monoisotopic (exact) mass is 261 g/mol. The summed E-state index contributed by atoms with van der Waals surface area (Å²) in [5.74, 6) is 0.905. The molecule has 4 heteroatoms. The molecule has 94 valence electrons. The van der Waals surface area contributed by atoms with Gasteiger partial charge in [-0.3, -0.25) is 4.79 Å². The first-order valence-corrected chi connectivity index (χ1v) is 7.14. The van der Waals surface area contributed by atoms with Crippen molar-refractivity contribution in [1.82, 2.24) is 0 Å². The van der Waals surface area contributed by atoms with Crippen LogP contribution in [-0.2, 0) is 4.79 Å². The Bertz CT molecular complexity index is 512. The van der Waals surface area contributed by atoms with Crippen LogP contribution in [0, 0.1) is 5.92 Å². The fraction of sp³-hybridized carbons (Fsp3) is 0.429. The van der Waals surface area contributed by atoms with Crippen LogP contribution in [0.1, 0.15) is 26.2 Å². The first kappa shape index (κ1) is 11.8. The van der Waals surface area contributed by atoms with Crippen molar-refractivity contribution in [3.63, 3.8) is 0 Å². The topological polar surface area (TPSA) is 38.7 Å². The average molecular weight is 261 g/mol. The number of hydrogen-bond donors (Lipinski definition) is 0. The Labute approximate surface area is 111 Å². The molecule has 0 radical (unpaired) electrons. The van der Waals surface area contributed by atoms with Gasteiger partial charge in [-0.15, -0.1) is 11.8 Å². The number of fused-ring (bicyclic) bond motifs is 1. The zero-order valence-corrected chi connectivity index (χ0v) is 11.1. The number of ether oxygens (including phenoxy) is 1. The normalized spacial score (nSPS) is 27.7. The van der Waals surface area contributed by atoms with Crippen LogP contribution in [-0.4, -0.2) is 16.3 Å². The predicted molar refractivity (Wildman–Crippen MR) is 73.6 cm³/mol. The number of esters is 1. The number of nitrogens with zero attached hydrogens (tertiary/aromatic N) is 1. The molecule has 2 fully saturated rings. The van der Waals surface area contributed by atoms with Crippen LogP contribution in [0.15, 0.2) is 29.3 Å². The summed E-state index contributed by atoms with van der Waals surface area (Å²) in [6.07, 6.45) is 3.89. The molecule has 0 spiro atoms. The minimum atomic E-state index is -0.303. The summed E-state index contributed by atoms with van der Waals surface area (Å²) >= 11 is 1.88. The number of aliphatic imine (C=N–C) groups is 1. The van der Waals surface area contributed by atoms with Crippen molar-refractivity contribution in [2.24, 2.45) is 10.9 Å². The molecule has 18 heavy (non-hydrogen) atoms. The summed E-state index contributed by atoms with van der Waals surface area (Å²) < 4.78 is 5.17. The van der Waals surface area contributed by atoms with E-state index in [0.717, 1.165) is 10.9 Å². The summed E-state index contributed by atoms with van der Waals surface area (Å²) in [4.78, 5) is 15.7. The molecule has 1 aliphatic carbocycles. The SMILES string of the molecule is CC(=O)Oc1ccccc1N=C1SC2CCCC12. The van der Waals surface area contributed by atoms with Crippen molar-refractivity contribution in [2.75, 3.05) is 0 Å². The number of hydrogen-bond acceptors (Lipinski definition) is 4. The highest BCUT2D eigenvalue weighted by Crippen LogP contribution is 2.49. The molecule has 1 saturated heterocycles. The molecule has 2 unspecified atom stereocenters. The summed E-state index contributed by atoms with van der Waals surface area (Å²) in [6.45, 7) is 1.41. The number of carbonyl (C=O) groups is 1. The van der Waals surface area contributed by atoms with E-state index >= 15 is 0 Å². The molecule has 0 aromatic heterocycles. The Morgan fingerprint density at radius 1 is 1.39 bits per heavy atom. The summed E-state index contributed by atoms with van der Waals surface area (Å²) in [5.41, 5.74) is 0.764. The van der Waals surface area contributed by atoms with Gasteiger partial charge in [-0.1, -0.05) is 18.6 Å². The molecule has 1 aromatic carbocycles. The van der Waals surface area contributed by atoms with Gasteiger partial charge in [0, 0.05) is 18.1 Å². The molecule has 2 aliphatic rings. The van der Waals surface area contributed by atoms with E-state index in [1.54, 1.807) is 6.07 Å². The molecule has 3 nitrogen and oxygen atoms in total. The van der Waals surface area contributed by atoms with Gasteiger partial charge in [0.1, 0.15) is 5.69 Å². The van der Waals surface area contributed by atoms with E-state index in [-0.39, 0.29) is 5.97 Å². The number of carbonyl (C=O) groups excluding carboxylic acids is 1. The fourth-order valence-electron chi connectivity index (χ4n) is 2.54. The van der Waals surface area contributed by atoms with Gasteiger partial charge in [-0.2, -0.15) is 0 Å². The molecule has 0 amide bonds. The quantitative estimate of drug-likeness (QED) is 0.603. The lowest BCUT2D eigenvalue weighted by molar-refractivity contribution is -0.131. The van der Waals surface area contributed by atoms with Crippen LogP contribution in [0.4, 0.5) is 5.69 Å². The predicted octanol–water partition coefficient (Wildman–Crippen LogP) is 3.56. The lowest BCUT2D eigenvalue weighted by Gasteiger charge is -2.31. The smallest absolute Gasteiger partial charge is 0.308 e. The number of para-hydroxylation sites is 2. The van der Waals surface area contributed by atoms with Crippen molar-refractivity contribution in [3.8, 4) is 5.75 Å². The van der Waals surface area contributed by atoms with E-state index in [1.165, 1.54) is 31.2 Å². The maximum absolute atomic E-state index is 11.0. The van der Waals surface area contributed by atoms with Gasteiger partial charge < -0.3 is 4.74 Å². The van der Waals surface area contributed by atoms with Gasteiger partial charge in [0.05, 0.1) is 5.04 Å². The van der Waals surface area contributed by atoms with Crippen molar-refractivity contribution >= 4 is 28.5 Å². The highest BCUT2D eigenvalue weighted by molar-refractivity contribution is 8.16. The third kappa shape index (κ3) is 2.17. The molecule has 1 heterocycles. The van der Waals surface area contributed by atoms with Crippen LogP contribution < -0.4 is 4.74 Å². The molecule has 2 atom stereocenters. The zero-order valence-electron chi connectivity index (χ0n) is 10.3. The first-order valence-electron chi connectivity index (χ1n) is 6.27. The van der Waals surface area contributed by atoms with Crippen molar-refractivity contribution in [1.29, 1.82) is 0 Å². The van der Waals surface area contributed by atoms with Gasteiger partial charge in [0.2, 0.25) is 0 Å². The third-order valence-electron chi connectivity index (χ3n) is 3.39. The van der Waals surface area contributed by atoms with Gasteiger partial charge in [0.25, 0.3) is 0 Å². The van der Waals surface area contributed by atoms with Crippen LogP contribution in [0.3, 0.4) is 0 Å². The Morgan fingerprint density at radius 2 is 2.22 bits per heavy atom. The molecule has 0 N–H and O–H groups in total. The Kier molecular flexibility index (Phi) is 3.12. The first-order chi connectivity index (χ1) is 8.74. The maximum atomic E-state index is 11.0. The number of rotatable bonds is 2. The highest BCUT2D eigenvalue weighted by Gasteiger charge is 2.42. The van der Waals surface area contributed by atoms with E-state index in [2.05, 4.69) is 4.99 Å². The van der Waals surface area contributed by atoms with E-state index in [9.17, 15) is 4.79 Å². The number of benzene rings is 1. The molecule has 1 aliphatic heterocycles. The van der Waals surface area contributed by atoms with Crippen LogP contribution in [0.25, 0.3) is 0 Å². The van der Waals surface area contributed by atoms with Gasteiger partial charge in [0.15, 0.2) is 5.75 Å². The Balaban J connectivity index is 1.84. The second kappa shape index (κ2) is 4.76. The van der Waals surface area contributed by atoms with E-state index < -0.39 is 0 Å². The Hall–Kier alpha value is -1.29. The Morgan fingerprint density at radius 3 is 3.00 bits per heavy atom. The molecule has 1 aromatic rings. The summed E-state index contributed by atoms with van der Waals surface area (Å²) in [7, 11) is 0.